The zero-order valence-electron chi connectivity index (χ0n) is 12.4. The summed E-state index contributed by atoms with van der Waals surface area (Å²) in [4.78, 5) is 0. The number of hydrogen-bond acceptors (Lipinski definition) is 2. The van der Waals surface area contributed by atoms with Crippen LogP contribution in [0.3, 0.4) is 0 Å². The number of halogens is 1. The minimum absolute atomic E-state index is 0.157. The van der Waals surface area contributed by atoms with Crippen LogP contribution < -0.4 is 5.32 Å². The fraction of sp³-hybridized carbons (Fsp3) is 0.438. The summed E-state index contributed by atoms with van der Waals surface area (Å²) in [6, 6.07) is 10.4. The van der Waals surface area contributed by atoms with Crippen LogP contribution in [0.4, 0.5) is 0 Å². The standard InChI is InChI=1S/C16H22ClN3/c1-4-14-11-15(20(6-3)19-14)16(18-5-2)12-7-9-13(17)10-8-12/h7-11,16,18H,4-6H2,1-3H3. The molecule has 1 atom stereocenters. The molecule has 0 aliphatic rings. The Bertz CT molecular complexity index is 545. The maximum atomic E-state index is 5.99. The predicted octanol–water partition coefficient (Wildman–Crippen LogP) is 3.82. The highest BCUT2D eigenvalue weighted by Crippen LogP contribution is 2.24. The third kappa shape index (κ3) is 3.22. The molecule has 108 valence electrons. The monoisotopic (exact) mass is 291 g/mol. The van der Waals surface area contributed by atoms with Crippen LogP contribution in [0.25, 0.3) is 0 Å². The highest BCUT2D eigenvalue weighted by atomic mass is 35.5. The first-order valence-corrected chi connectivity index (χ1v) is 7.62. The van der Waals surface area contributed by atoms with E-state index in [0.717, 1.165) is 30.2 Å². The van der Waals surface area contributed by atoms with Crippen molar-refractivity contribution in [2.24, 2.45) is 0 Å². The van der Waals surface area contributed by atoms with E-state index in [1.807, 2.05) is 12.1 Å². The van der Waals surface area contributed by atoms with E-state index in [4.69, 9.17) is 11.6 Å². The molecule has 0 aliphatic heterocycles. The number of aryl methyl sites for hydroxylation is 2. The summed E-state index contributed by atoms with van der Waals surface area (Å²) in [7, 11) is 0. The van der Waals surface area contributed by atoms with Gasteiger partial charge in [0.15, 0.2) is 0 Å². The van der Waals surface area contributed by atoms with Gasteiger partial charge in [0.05, 0.1) is 17.4 Å². The van der Waals surface area contributed by atoms with Gasteiger partial charge in [-0.25, -0.2) is 0 Å². The van der Waals surface area contributed by atoms with Crippen molar-refractivity contribution in [3.8, 4) is 0 Å². The first-order valence-electron chi connectivity index (χ1n) is 7.25. The van der Waals surface area contributed by atoms with Gasteiger partial charge in [0.25, 0.3) is 0 Å². The second-order valence-electron chi connectivity index (χ2n) is 4.77. The van der Waals surface area contributed by atoms with E-state index in [-0.39, 0.29) is 6.04 Å². The van der Waals surface area contributed by atoms with Gasteiger partial charge in [0, 0.05) is 11.6 Å². The van der Waals surface area contributed by atoms with E-state index < -0.39 is 0 Å². The molecule has 20 heavy (non-hydrogen) atoms. The lowest BCUT2D eigenvalue weighted by Gasteiger charge is -2.19. The van der Waals surface area contributed by atoms with Crippen molar-refractivity contribution in [2.75, 3.05) is 6.54 Å². The van der Waals surface area contributed by atoms with Gasteiger partial charge >= 0.3 is 0 Å². The van der Waals surface area contributed by atoms with Crippen molar-refractivity contribution in [3.63, 3.8) is 0 Å². The average Bonchev–Trinajstić information content (AvgIpc) is 2.89. The van der Waals surface area contributed by atoms with Gasteiger partial charge in [-0.15, -0.1) is 0 Å². The molecule has 0 saturated carbocycles. The maximum absolute atomic E-state index is 5.99. The van der Waals surface area contributed by atoms with Crippen LogP contribution in [0.1, 0.15) is 43.8 Å². The van der Waals surface area contributed by atoms with Crippen molar-refractivity contribution < 1.29 is 0 Å². The fourth-order valence-electron chi connectivity index (χ4n) is 2.40. The van der Waals surface area contributed by atoms with Crippen LogP contribution in [-0.4, -0.2) is 16.3 Å². The minimum atomic E-state index is 0.157. The van der Waals surface area contributed by atoms with E-state index in [1.165, 1.54) is 11.3 Å². The number of rotatable bonds is 6. The van der Waals surface area contributed by atoms with Crippen LogP contribution >= 0.6 is 11.6 Å². The molecule has 1 N–H and O–H groups in total. The Morgan fingerprint density at radius 2 is 1.90 bits per heavy atom. The van der Waals surface area contributed by atoms with Crippen molar-refractivity contribution >= 4 is 11.6 Å². The Kier molecular flexibility index (Phi) is 5.21. The first kappa shape index (κ1) is 15.1. The largest absolute Gasteiger partial charge is 0.305 e. The zero-order chi connectivity index (χ0) is 14.5. The van der Waals surface area contributed by atoms with Gasteiger partial charge in [-0.2, -0.15) is 5.10 Å². The molecule has 0 spiro atoms. The lowest BCUT2D eigenvalue weighted by atomic mass is 10.0. The molecule has 1 aromatic heterocycles. The summed E-state index contributed by atoms with van der Waals surface area (Å²) in [6.45, 7) is 8.17. The average molecular weight is 292 g/mol. The van der Waals surface area contributed by atoms with Gasteiger partial charge < -0.3 is 5.32 Å². The normalized spacial score (nSPS) is 12.6. The molecular formula is C16H22ClN3. The first-order chi connectivity index (χ1) is 9.69. The summed E-state index contributed by atoms with van der Waals surface area (Å²) in [5.41, 5.74) is 3.57. The van der Waals surface area contributed by atoms with Crippen LogP contribution in [0, 0.1) is 0 Å². The molecule has 4 heteroatoms. The van der Waals surface area contributed by atoms with Crippen LogP contribution in [0.15, 0.2) is 30.3 Å². The third-order valence-electron chi connectivity index (χ3n) is 3.43. The molecule has 0 amide bonds. The van der Waals surface area contributed by atoms with Crippen molar-refractivity contribution in [1.82, 2.24) is 15.1 Å². The van der Waals surface area contributed by atoms with E-state index in [2.05, 4.69) is 54.1 Å². The summed E-state index contributed by atoms with van der Waals surface area (Å²) in [6.07, 6.45) is 0.958. The molecule has 0 saturated heterocycles. The summed E-state index contributed by atoms with van der Waals surface area (Å²) in [5, 5.41) is 8.95. The molecule has 1 aromatic carbocycles. The molecule has 0 aliphatic carbocycles. The molecule has 1 heterocycles. The van der Waals surface area contributed by atoms with Gasteiger partial charge in [-0.3, -0.25) is 4.68 Å². The Morgan fingerprint density at radius 3 is 2.45 bits per heavy atom. The maximum Gasteiger partial charge on any atom is 0.0748 e. The fourth-order valence-corrected chi connectivity index (χ4v) is 2.52. The summed E-state index contributed by atoms with van der Waals surface area (Å²) >= 11 is 5.99. The minimum Gasteiger partial charge on any atom is -0.305 e. The van der Waals surface area contributed by atoms with Crippen LogP contribution in [-0.2, 0) is 13.0 Å². The molecule has 0 bridgehead atoms. The summed E-state index contributed by atoms with van der Waals surface area (Å²) in [5.74, 6) is 0. The molecule has 1 unspecified atom stereocenters. The van der Waals surface area contributed by atoms with Gasteiger partial charge in [-0.1, -0.05) is 37.6 Å². The van der Waals surface area contributed by atoms with Crippen molar-refractivity contribution in [3.05, 3.63) is 52.3 Å². The van der Waals surface area contributed by atoms with Crippen molar-refractivity contribution in [2.45, 2.75) is 39.8 Å². The Morgan fingerprint density at radius 1 is 1.20 bits per heavy atom. The van der Waals surface area contributed by atoms with E-state index >= 15 is 0 Å². The topological polar surface area (TPSA) is 29.9 Å². The number of nitrogens with one attached hydrogen (secondary N) is 1. The Labute approximate surface area is 126 Å². The van der Waals surface area contributed by atoms with E-state index in [0.29, 0.717) is 0 Å². The highest BCUT2D eigenvalue weighted by Gasteiger charge is 2.18. The quantitative estimate of drug-likeness (QED) is 0.877. The predicted molar refractivity (Wildman–Crippen MR) is 84.3 cm³/mol. The number of hydrogen-bond donors (Lipinski definition) is 1. The molecule has 2 aromatic rings. The molecule has 0 radical (unpaired) electrons. The molecule has 2 rings (SSSR count). The third-order valence-corrected chi connectivity index (χ3v) is 3.68. The van der Waals surface area contributed by atoms with Gasteiger partial charge in [0.2, 0.25) is 0 Å². The second kappa shape index (κ2) is 6.91. The molecule has 0 fully saturated rings. The molecular weight excluding hydrogens is 270 g/mol. The lowest BCUT2D eigenvalue weighted by molar-refractivity contribution is 0.540. The second-order valence-corrected chi connectivity index (χ2v) is 5.21. The van der Waals surface area contributed by atoms with Crippen molar-refractivity contribution in [1.29, 1.82) is 0 Å². The highest BCUT2D eigenvalue weighted by molar-refractivity contribution is 6.30. The number of nitrogens with zero attached hydrogens (tertiary/aromatic N) is 2. The van der Waals surface area contributed by atoms with Crippen LogP contribution in [0.5, 0.6) is 0 Å². The van der Waals surface area contributed by atoms with Gasteiger partial charge in [0.1, 0.15) is 0 Å². The van der Waals surface area contributed by atoms with E-state index in [9.17, 15) is 0 Å². The SMILES string of the molecule is CCNC(c1ccc(Cl)cc1)c1cc(CC)nn1CC. The van der Waals surface area contributed by atoms with Gasteiger partial charge in [-0.05, 0) is 43.7 Å². The molecule has 3 nitrogen and oxygen atoms in total. The number of benzene rings is 1. The Hall–Kier alpha value is -1.32. The smallest absolute Gasteiger partial charge is 0.0748 e. The lowest BCUT2D eigenvalue weighted by Crippen LogP contribution is -2.24. The zero-order valence-corrected chi connectivity index (χ0v) is 13.1. The van der Waals surface area contributed by atoms with Crippen LogP contribution in [0.2, 0.25) is 5.02 Å². The number of aromatic nitrogens is 2. The Balaban J connectivity index is 2.42. The van der Waals surface area contributed by atoms with E-state index in [1.54, 1.807) is 0 Å². The summed E-state index contributed by atoms with van der Waals surface area (Å²) < 4.78 is 2.08.